The number of ether oxygens (including phenoxy) is 1. The number of rotatable bonds is 5. The Kier molecular flexibility index (Phi) is 4.03. The maximum atomic E-state index is 11.9. The number of benzene rings is 1. The number of Topliss-reactive ketones (excluding diaryl/α,β-unsaturated/α-hetero) is 1. The van der Waals surface area contributed by atoms with E-state index in [-0.39, 0.29) is 18.0 Å². The molecule has 104 valence electrons. The highest BCUT2D eigenvalue weighted by atomic mass is 16.5. The van der Waals surface area contributed by atoms with Crippen molar-refractivity contribution < 1.29 is 13.9 Å². The zero-order valence-corrected chi connectivity index (χ0v) is 11.6. The van der Waals surface area contributed by atoms with Gasteiger partial charge in [-0.05, 0) is 38.0 Å². The number of ketones is 1. The van der Waals surface area contributed by atoms with Crippen molar-refractivity contribution in [3.05, 3.63) is 52.4 Å². The van der Waals surface area contributed by atoms with Crippen LogP contribution in [0, 0.1) is 6.92 Å². The molecule has 1 aromatic carbocycles. The fourth-order valence-corrected chi connectivity index (χ4v) is 2.03. The Bertz CT molecular complexity index is 725. The van der Waals surface area contributed by atoms with Crippen LogP contribution >= 0.6 is 0 Å². The summed E-state index contributed by atoms with van der Waals surface area (Å²) in [5.74, 6) is 0.441. The number of carbonyl (C=O) groups excluding carboxylic acids is 1. The van der Waals surface area contributed by atoms with Gasteiger partial charge in [-0.1, -0.05) is 6.08 Å². The van der Waals surface area contributed by atoms with Gasteiger partial charge in [-0.25, -0.2) is 4.79 Å². The van der Waals surface area contributed by atoms with Crippen LogP contribution in [0.15, 0.2) is 40.1 Å². The topological polar surface area (TPSA) is 56.5 Å². The third kappa shape index (κ3) is 2.79. The molecule has 0 saturated heterocycles. The van der Waals surface area contributed by atoms with Gasteiger partial charge in [-0.3, -0.25) is 4.79 Å². The van der Waals surface area contributed by atoms with E-state index in [9.17, 15) is 9.59 Å². The van der Waals surface area contributed by atoms with E-state index in [4.69, 9.17) is 9.15 Å². The van der Waals surface area contributed by atoms with Crippen molar-refractivity contribution in [2.75, 3.05) is 6.61 Å². The Hall–Kier alpha value is -2.36. The molecule has 0 unspecified atom stereocenters. The minimum atomic E-state index is -0.362. The van der Waals surface area contributed by atoms with E-state index in [0.29, 0.717) is 23.3 Å². The Labute approximate surface area is 116 Å². The average molecular weight is 272 g/mol. The van der Waals surface area contributed by atoms with E-state index in [1.165, 1.54) is 6.92 Å². The van der Waals surface area contributed by atoms with Gasteiger partial charge in [0.2, 0.25) is 0 Å². The summed E-state index contributed by atoms with van der Waals surface area (Å²) in [5.41, 5.74) is 1.60. The average Bonchev–Trinajstić information content (AvgIpc) is 2.41. The van der Waals surface area contributed by atoms with Gasteiger partial charge in [0.05, 0.1) is 0 Å². The summed E-state index contributed by atoms with van der Waals surface area (Å²) in [4.78, 5) is 22.8. The number of hydrogen-bond acceptors (Lipinski definition) is 4. The Morgan fingerprint density at radius 2 is 2.20 bits per heavy atom. The lowest BCUT2D eigenvalue weighted by atomic mass is 10.0. The molecule has 0 aliphatic heterocycles. The summed E-state index contributed by atoms with van der Waals surface area (Å²) in [6, 6.07) is 5.22. The first-order valence-electron chi connectivity index (χ1n) is 6.32. The summed E-state index contributed by atoms with van der Waals surface area (Å²) in [6.07, 6.45) is 2.15. The molecule has 0 atom stereocenters. The highest BCUT2D eigenvalue weighted by Gasteiger charge is 2.11. The van der Waals surface area contributed by atoms with Crippen LogP contribution in [0.4, 0.5) is 0 Å². The first-order valence-corrected chi connectivity index (χ1v) is 6.32. The molecule has 0 saturated carbocycles. The Balaban J connectivity index is 2.49. The van der Waals surface area contributed by atoms with Crippen LogP contribution in [0.2, 0.25) is 0 Å². The molecular formula is C16H16O4. The van der Waals surface area contributed by atoms with E-state index in [0.717, 1.165) is 10.9 Å². The van der Waals surface area contributed by atoms with Crippen LogP contribution in [0.3, 0.4) is 0 Å². The summed E-state index contributed by atoms with van der Waals surface area (Å²) < 4.78 is 10.6. The van der Waals surface area contributed by atoms with Gasteiger partial charge >= 0.3 is 5.63 Å². The third-order valence-electron chi connectivity index (χ3n) is 3.05. The maximum absolute atomic E-state index is 11.9. The van der Waals surface area contributed by atoms with Crippen molar-refractivity contribution >= 4 is 16.8 Å². The number of aryl methyl sites for hydroxylation is 1. The van der Waals surface area contributed by atoms with Gasteiger partial charge in [0.25, 0.3) is 0 Å². The van der Waals surface area contributed by atoms with E-state index in [1.807, 2.05) is 13.0 Å². The summed E-state index contributed by atoms with van der Waals surface area (Å²) in [5, 5.41) is 0.858. The lowest BCUT2D eigenvalue weighted by Crippen LogP contribution is -2.10. The van der Waals surface area contributed by atoms with E-state index in [1.54, 1.807) is 18.2 Å². The Morgan fingerprint density at radius 3 is 2.85 bits per heavy atom. The van der Waals surface area contributed by atoms with Crippen LogP contribution in [-0.4, -0.2) is 12.4 Å². The normalized spacial score (nSPS) is 10.5. The fraction of sp³-hybridized carbons (Fsp3) is 0.250. The summed E-state index contributed by atoms with van der Waals surface area (Å²) >= 11 is 0. The van der Waals surface area contributed by atoms with Crippen molar-refractivity contribution in [1.82, 2.24) is 0 Å². The predicted octanol–water partition coefficient (Wildman–Crippen LogP) is 2.80. The fourth-order valence-electron chi connectivity index (χ4n) is 2.03. The van der Waals surface area contributed by atoms with Gasteiger partial charge in [0, 0.05) is 17.0 Å². The van der Waals surface area contributed by atoms with Crippen molar-refractivity contribution in [3.63, 3.8) is 0 Å². The first kappa shape index (κ1) is 14.1. The quantitative estimate of drug-likeness (QED) is 0.620. The highest BCUT2D eigenvalue weighted by Crippen LogP contribution is 2.24. The molecule has 0 N–H and O–H groups in total. The van der Waals surface area contributed by atoms with Gasteiger partial charge in [0.1, 0.15) is 17.9 Å². The van der Waals surface area contributed by atoms with Crippen LogP contribution in [0.25, 0.3) is 11.0 Å². The molecule has 0 bridgehead atoms. The van der Waals surface area contributed by atoms with Crippen LogP contribution < -0.4 is 10.4 Å². The summed E-state index contributed by atoms with van der Waals surface area (Å²) in [7, 11) is 0. The molecule has 0 spiro atoms. The van der Waals surface area contributed by atoms with Gasteiger partial charge in [0.15, 0.2) is 5.78 Å². The van der Waals surface area contributed by atoms with Gasteiger partial charge < -0.3 is 9.15 Å². The highest BCUT2D eigenvalue weighted by molar-refractivity contribution is 5.82. The minimum absolute atomic E-state index is 0.00324. The van der Waals surface area contributed by atoms with Crippen molar-refractivity contribution in [2.45, 2.75) is 20.3 Å². The van der Waals surface area contributed by atoms with Crippen molar-refractivity contribution in [1.29, 1.82) is 0 Å². The molecule has 2 rings (SSSR count). The second-order valence-corrected chi connectivity index (χ2v) is 4.63. The molecule has 0 aliphatic carbocycles. The Morgan fingerprint density at radius 1 is 1.45 bits per heavy atom. The van der Waals surface area contributed by atoms with E-state index < -0.39 is 0 Å². The molecule has 2 aromatic rings. The second kappa shape index (κ2) is 5.74. The number of hydrogen-bond donors (Lipinski definition) is 0. The smallest absolute Gasteiger partial charge is 0.340 e. The summed E-state index contributed by atoms with van der Waals surface area (Å²) in [6.45, 7) is 6.98. The molecule has 0 amide bonds. The van der Waals surface area contributed by atoms with Crippen LogP contribution in [0.5, 0.6) is 5.75 Å². The molecule has 1 aromatic heterocycles. The van der Waals surface area contributed by atoms with Crippen LogP contribution in [0.1, 0.15) is 18.1 Å². The molecule has 0 aliphatic rings. The molecule has 4 nitrogen and oxygen atoms in total. The predicted molar refractivity (Wildman–Crippen MR) is 77.3 cm³/mol. The molecule has 1 heterocycles. The molecular weight excluding hydrogens is 256 g/mol. The third-order valence-corrected chi connectivity index (χ3v) is 3.05. The van der Waals surface area contributed by atoms with Gasteiger partial charge in [-0.15, -0.1) is 6.58 Å². The van der Waals surface area contributed by atoms with Crippen molar-refractivity contribution in [3.8, 4) is 5.75 Å². The number of fused-ring (bicyclic) bond motifs is 1. The monoisotopic (exact) mass is 272 g/mol. The standard InChI is InChI=1S/C16H16O4/c1-4-5-14-11(3)13-7-6-12(19-9-10(2)17)8-15(13)20-16(14)18/h4,6-8H,1,5,9H2,2-3H3. The zero-order chi connectivity index (χ0) is 14.7. The SMILES string of the molecule is C=CCc1c(C)c2ccc(OCC(C)=O)cc2oc1=O. The van der Waals surface area contributed by atoms with Crippen molar-refractivity contribution in [2.24, 2.45) is 0 Å². The second-order valence-electron chi connectivity index (χ2n) is 4.63. The van der Waals surface area contributed by atoms with E-state index >= 15 is 0 Å². The lowest BCUT2D eigenvalue weighted by molar-refractivity contribution is -0.118. The minimum Gasteiger partial charge on any atom is -0.486 e. The molecule has 0 radical (unpaired) electrons. The number of allylic oxidation sites excluding steroid dienone is 1. The van der Waals surface area contributed by atoms with E-state index in [2.05, 4.69) is 6.58 Å². The molecule has 0 fully saturated rings. The molecule has 20 heavy (non-hydrogen) atoms. The number of carbonyl (C=O) groups is 1. The largest absolute Gasteiger partial charge is 0.486 e. The zero-order valence-electron chi connectivity index (χ0n) is 11.6. The first-order chi connectivity index (χ1) is 9.52. The van der Waals surface area contributed by atoms with Crippen LogP contribution in [-0.2, 0) is 11.2 Å². The van der Waals surface area contributed by atoms with Gasteiger partial charge in [-0.2, -0.15) is 0 Å². The molecule has 4 heteroatoms. The lowest BCUT2D eigenvalue weighted by Gasteiger charge is -2.08. The maximum Gasteiger partial charge on any atom is 0.340 e.